The maximum absolute atomic E-state index is 11.2. The van der Waals surface area contributed by atoms with Crippen LogP contribution in [0.15, 0.2) is 5.38 Å². The lowest BCUT2D eigenvalue weighted by Crippen LogP contribution is -2.35. The van der Waals surface area contributed by atoms with Crippen LogP contribution in [0.1, 0.15) is 16.6 Å². The zero-order valence-electron chi connectivity index (χ0n) is 7.96. The number of ketones is 1. The number of hydrogen-bond acceptors (Lipinski definition) is 4. The van der Waals surface area contributed by atoms with E-state index < -0.39 is 0 Å². The van der Waals surface area contributed by atoms with E-state index in [0.717, 1.165) is 5.69 Å². The van der Waals surface area contributed by atoms with Gasteiger partial charge in [-0.2, -0.15) is 0 Å². The third-order valence-corrected chi connectivity index (χ3v) is 3.22. The van der Waals surface area contributed by atoms with Gasteiger partial charge in [0, 0.05) is 19.4 Å². The van der Waals surface area contributed by atoms with Gasteiger partial charge in [-0.1, -0.05) is 0 Å². The van der Waals surface area contributed by atoms with Crippen LogP contribution in [0.3, 0.4) is 0 Å². The molecule has 5 heteroatoms. The molecular formula is C9H10N2O2S. The van der Waals surface area contributed by atoms with Crippen molar-refractivity contribution in [2.45, 2.75) is 6.92 Å². The number of nitrogens with zero attached hydrogens (tertiary/aromatic N) is 1. The van der Waals surface area contributed by atoms with Gasteiger partial charge in [-0.05, 0) is 0 Å². The first-order chi connectivity index (χ1) is 6.59. The van der Waals surface area contributed by atoms with E-state index in [9.17, 15) is 9.59 Å². The number of hydrogen-bond donors (Lipinski definition) is 1. The van der Waals surface area contributed by atoms with E-state index in [1.165, 1.54) is 18.3 Å². The van der Waals surface area contributed by atoms with E-state index >= 15 is 0 Å². The van der Waals surface area contributed by atoms with Gasteiger partial charge in [-0.15, -0.1) is 11.3 Å². The van der Waals surface area contributed by atoms with Gasteiger partial charge >= 0.3 is 0 Å². The first-order valence-corrected chi connectivity index (χ1v) is 5.11. The first-order valence-electron chi connectivity index (χ1n) is 4.23. The summed E-state index contributed by atoms with van der Waals surface area (Å²) < 4.78 is 0. The topological polar surface area (TPSA) is 49.4 Å². The van der Waals surface area contributed by atoms with Crippen molar-refractivity contribution in [1.29, 1.82) is 0 Å². The van der Waals surface area contributed by atoms with Crippen LogP contribution < -0.4 is 10.2 Å². The predicted molar refractivity (Wildman–Crippen MR) is 56.2 cm³/mol. The Kier molecular flexibility index (Phi) is 2.03. The van der Waals surface area contributed by atoms with Gasteiger partial charge in [0.1, 0.15) is 0 Å². The highest BCUT2D eigenvalue weighted by Gasteiger charge is 2.24. The monoisotopic (exact) mass is 210 g/mol. The van der Waals surface area contributed by atoms with E-state index in [-0.39, 0.29) is 11.7 Å². The molecule has 0 unspecified atom stereocenters. The second-order valence-electron chi connectivity index (χ2n) is 3.29. The minimum atomic E-state index is -0.0686. The van der Waals surface area contributed by atoms with E-state index in [0.29, 0.717) is 17.1 Å². The molecule has 74 valence electrons. The molecule has 0 fully saturated rings. The van der Waals surface area contributed by atoms with Crippen LogP contribution >= 0.6 is 11.3 Å². The number of fused-ring (bicyclic) bond motifs is 1. The summed E-state index contributed by atoms with van der Waals surface area (Å²) in [4.78, 5) is 25.0. The molecule has 1 amide bonds. The fourth-order valence-corrected chi connectivity index (χ4v) is 2.46. The second kappa shape index (κ2) is 3.09. The van der Waals surface area contributed by atoms with E-state index in [1.807, 2.05) is 17.3 Å². The summed E-state index contributed by atoms with van der Waals surface area (Å²) in [6.45, 7) is 1.86. The van der Waals surface area contributed by atoms with Gasteiger partial charge in [0.25, 0.3) is 0 Å². The Morgan fingerprint density at radius 3 is 3.00 bits per heavy atom. The minimum Gasteiger partial charge on any atom is -0.363 e. The second-order valence-corrected chi connectivity index (χ2v) is 4.17. The number of carbonyl (C=O) groups is 2. The zero-order chi connectivity index (χ0) is 10.3. The molecule has 0 bridgehead atoms. The molecule has 0 aliphatic carbocycles. The van der Waals surface area contributed by atoms with Gasteiger partial charge in [-0.3, -0.25) is 9.59 Å². The van der Waals surface area contributed by atoms with Crippen LogP contribution in [0, 0.1) is 0 Å². The quantitative estimate of drug-likeness (QED) is 0.711. The predicted octanol–water partition coefficient (Wildman–Crippen LogP) is 1.34. The van der Waals surface area contributed by atoms with Crippen molar-refractivity contribution in [3.8, 4) is 0 Å². The maximum atomic E-state index is 11.2. The van der Waals surface area contributed by atoms with E-state index in [1.54, 1.807) is 0 Å². The molecule has 2 heterocycles. The molecule has 1 aromatic heterocycles. The summed E-state index contributed by atoms with van der Waals surface area (Å²) in [7, 11) is 1.84. The molecular weight excluding hydrogens is 200 g/mol. The van der Waals surface area contributed by atoms with Crippen LogP contribution in [0.2, 0.25) is 0 Å². The smallest absolute Gasteiger partial charge is 0.243 e. The van der Waals surface area contributed by atoms with Crippen molar-refractivity contribution in [1.82, 2.24) is 0 Å². The molecule has 0 aromatic carbocycles. The number of rotatable bonds is 1. The van der Waals surface area contributed by atoms with E-state index in [4.69, 9.17) is 0 Å². The lowest BCUT2D eigenvalue weighted by molar-refractivity contribution is -0.115. The lowest BCUT2D eigenvalue weighted by Gasteiger charge is -2.24. The van der Waals surface area contributed by atoms with Gasteiger partial charge in [0.05, 0.1) is 22.8 Å². The van der Waals surface area contributed by atoms with Gasteiger partial charge in [-0.25, -0.2) is 0 Å². The van der Waals surface area contributed by atoms with Crippen molar-refractivity contribution >= 4 is 34.4 Å². The molecule has 2 rings (SSSR count). The lowest BCUT2D eigenvalue weighted by atomic mass is 10.2. The molecule has 1 N–H and O–H groups in total. The van der Waals surface area contributed by atoms with Gasteiger partial charge < -0.3 is 10.2 Å². The Labute approximate surface area is 85.5 Å². The number of amides is 1. The Morgan fingerprint density at radius 2 is 2.36 bits per heavy atom. The summed E-state index contributed by atoms with van der Waals surface area (Å²) in [5.74, 6) is -0.0762. The minimum absolute atomic E-state index is 0.00755. The summed E-state index contributed by atoms with van der Waals surface area (Å²) in [6.07, 6.45) is 0. The fourth-order valence-electron chi connectivity index (χ4n) is 1.49. The molecule has 14 heavy (non-hydrogen) atoms. The average Bonchev–Trinajstić information content (AvgIpc) is 2.47. The number of carbonyl (C=O) groups excluding carboxylic acids is 2. The van der Waals surface area contributed by atoms with Gasteiger partial charge in [0.15, 0.2) is 5.78 Å². The molecule has 0 radical (unpaired) electrons. The molecule has 0 spiro atoms. The van der Waals surface area contributed by atoms with Crippen molar-refractivity contribution in [2.75, 3.05) is 23.8 Å². The number of thiophene rings is 1. The highest BCUT2D eigenvalue weighted by Crippen LogP contribution is 2.37. The van der Waals surface area contributed by atoms with Crippen LogP contribution in [-0.2, 0) is 4.79 Å². The molecule has 0 atom stereocenters. The van der Waals surface area contributed by atoms with Crippen molar-refractivity contribution < 1.29 is 9.59 Å². The molecule has 0 saturated heterocycles. The van der Waals surface area contributed by atoms with Crippen LogP contribution in [0.25, 0.3) is 0 Å². The Morgan fingerprint density at radius 1 is 1.64 bits per heavy atom. The standard InChI is InChI=1S/C9H10N2O2S/c1-5(12)9-8-6(4-14-9)11(2)3-7(13)10-8/h4H,3H2,1-2H3,(H,10,13). The largest absolute Gasteiger partial charge is 0.363 e. The van der Waals surface area contributed by atoms with Crippen LogP contribution in [0.4, 0.5) is 11.4 Å². The molecule has 1 aliphatic heterocycles. The number of Topliss-reactive ketones (excluding diaryl/α,β-unsaturated/α-hetero) is 1. The van der Waals surface area contributed by atoms with Crippen molar-refractivity contribution in [3.63, 3.8) is 0 Å². The number of nitrogens with one attached hydrogen (secondary N) is 1. The fraction of sp³-hybridized carbons (Fsp3) is 0.333. The summed E-state index contributed by atoms with van der Waals surface area (Å²) >= 11 is 1.37. The molecule has 4 nitrogen and oxygen atoms in total. The average molecular weight is 210 g/mol. The Balaban J connectivity index is 2.51. The molecule has 0 saturated carbocycles. The van der Waals surface area contributed by atoms with Crippen LogP contribution in [0.5, 0.6) is 0 Å². The summed E-state index contributed by atoms with van der Waals surface area (Å²) in [6, 6.07) is 0. The van der Waals surface area contributed by atoms with E-state index in [2.05, 4.69) is 5.32 Å². The zero-order valence-corrected chi connectivity index (χ0v) is 8.77. The normalized spacial score (nSPS) is 15.0. The summed E-state index contributed by atoms with van der Waals surface area (Å²) in [5.41, 5.74) is 1.60. The highest BCUT2D eigenvalue weighted by molar-refractivity contribution is 7.13. The Hall–Kier alpha value is -1.36. The summed E-state index contributed by atoms with van der Waals surface area (Å²) in [5, 5.41) is 4.62. The Bertz CT molecular complexity index is 411. The van der Waals surface area contributed by atoms with Crippen LogP contribution in [-0.4, -0.2) is 25.3 Å². The third-order valence-electron chi connectivity index (χ3n) is 2.15. The number of anilines is 2. The third kappa shape index (κ3) is 1.29. The molecule has 1 aromatic rings. The van der Waals surface area contributed by atoms with Gasteiger partial charge in [0.2, 0.25) is 5.91 Å². The molecule has 1 aliphatic rings. The maximum Gasteiger partial charge on any atom is 0.243 e. The van der Waals surface area contributed by atoms with Crippen molar-refractivity contribution in [3.05, 3.63) is 10.3 Å². The van der Waals surface area contributed by atoms with Crippen molar-refractivity contribution in [2.24, 2.45) is 0 Å². The number of likely N-dealkylation sites (N-methyl/N-ethyl adjacent to an activating group) is 1. The highest BCUT2D eigenvalue weighted by atomic mass is 32.1. The first kappa shape index (κ1) is 9.21. The SMILES string of the molecule is CC(=O)c1scc2c1NC(=O)CN2C.